The van der Waals surface area contributed by atoms with Crippen molar-refractivity contribution in [2.24, 2.45) is 5.41 Å². The van der Waals surface area contributed by atoms with Crippen molar-refractivity contribution in [1.82, 2.24) is 4.90 Å². The molecule has 0 amide bonds. The maximum absolute atomic E-state index is 14.0. The maximum Gasteiger partial charge on any atom is 0.131 e. The molecule has 3 unspecified atom stereocenters. The molecule has 0 saturated carbocycles. The van der Waals surface area contributed by atoms with E-state index in [0.29, 0.717) is 6.54 Å². The molecule has 2 aromatic carbocycles. The van der Waals surface area contributed by atoms with Crippen LogP contribution in [-0.2, 0) is 23.2 Å². The quantitative estimate of drug-likeness (QED) is 0.344. The number of piperidine rings is 1. The molecule has 34 heavy (non-hydrogen) atoms. The van der Waals surface area contributed by atoms with Gasteiger partial charge >= 0.3 is 0 Å². The van der Waals surface area contributed by atoms with Crippen molar-refractivity contribution < 1.29 is 13.5 Å². The van der Waals surface area contributed by atoms with Crippen molar-refractivity contribution in [2.75, 3.05) is 18.8 Å². The molecule has 4 rings (SSSR count). The number of nitrogen functional groups attached to an aromatic ring is 1. The zero-order valence-corrected chi connectivity index (χ0v) is 24.6. The molecule has 190 valence electrons. The van der Waals surface area contributed by atoms with Gasteiger partial charge in [-0.05, 0) is 77.0 Å². The van der Waals surface area contributed by atoms with Crippen LogP contribution < -0.4 is 5.73 Å². The van der Waals surface area contributed by atoms with Crippen LogP contribution in [0.4, 0.5) is 14.5 Å². The Morgan fingerprint density at radius 2 is 1.76 bits per heavy atom. The Balaban J connectivity index is 0.00000204. The first-order valence-corrected chi connectivity index (χ1v) is 12.6. The van der Waals surface area contributed by atoms with Crippen molar-refractivity contribution in [3.63, 3.8) is 0 Å². The number of fused-ring (bicyclic) bond motifs is 4. The lowest BCUT2D eigenvalue weighted by atomic mass is 9.51. The Bertz CT molecular complexity index is 1040. The summed E-state index contributed by atoms with van der Waals surface area (Å²) in [7, 11) is 0. The predicted octanol–water partition coefficient (Wildman–Crippen LogP) is 7.44. The first kappa shape index (κ1) is 29.8. The first-order chi connectivity index (χ1) is 15.0. The average Bonchev–Trinajstić information content (AvgIpc) is 2.69. The van der Waals surface area contributed by atoms with Crippen molar-refractivity contribution in [2.45, 2.75) is 64.7 Å². The molecule has 1 fully saturated rings. The highest BCUT2D eigenvalue weighted by atomic mass is 79.9. The second-order valence-electron chi connectivity index (χ2n) is 9.95. The average molecular weight is 645 g/mol. The second-order valence-corrected chi connectivity index (χ2v) is 11.7. The lowest BCUT2D eigenvalue weighted by Crippen LogP contribution is -2.64. The lowest BCUT2D eigenvalue weighted by Gasteiger charge is -2.61. The molecule has 9 heteroatoms. The fourth-order valence-electron chi connectivity index (χ4n) is 5.68. The van der Waals surface area contributed by atoms with Gasteiger partial charge in [-0.25, -0.2) is 8.78 Å². The van der Waals surface area contributed by atoms with E-state index in [1.54, 1.807) is 0 Å². The van der Waals surface area contributed by atoms with E-state index in [0.717, 1.165) is 34.0 Å². The van der Waals surface area contributed by atoms with E-state index in [1.807, 2.05) is 6.92 Å². The number of anilines is 1. The second kappa shape index (κ2) is 10.9. The summed E-state index contributed by atoms with van der Waals surface area (Å²) < 4.78 is 35.8. The third-order valence-corrected chi connectivity index (χ3v) is 9.27. The van der Waals surface area contributed by atoms with Crippen LogP contribution in [0.15, 0.2) is 33.2 Å². The summed E-state index contributed by atoms with van der Waals surface area (Å²) in [4.78, 5) is 2.47. The van der Waals surface area contributed by atoms with E-state index < -0.39 is 11.6 Å². The Morgan fingerprint density at radius 1 is 1.15 bits per heavy atom. The van der Waals surface area contributed by atoms with Crippen molar-refractivity contribution in [1.29, 1.82) is 0 Å². The smallest absolute Gasteiger partial charge is 0.131 e. The van der Waals surface area contributed by atoms with E-state index in [9.17, 15) is 8.78 Å². The summed E-state index contributed by atoms with van der Waals surface area (Å²) in [5.74, 6) is -1.13. The molecule has 0 spiro atoms. The molecule has 2 aromatic rings. The van der Waals surface area contributed by atoms with E-state index in [-0.39, 0.29) is 60.0 Å². The van der Waals surface area contributed by atoms with Crippen LogP contribution in [-0.4, -0.2) is 30.1 Å². The molecule has 0 radical (unpaired) electrons. The SMILES string of the molecule is CC(CN1CCC2(C)c3c(Br)cc(Br)c(N)c3CC1C2(C)C)OCc1c(F)cccc1F.Cl.Cl. The van der Waals surface area contributed by atoms with Crippen molar-refractivity contribution in [3.05, 3.63) is 61.5 Å². The minimum atomic E-state index is -0.567. The van der Waals surface area contributed by atoms with Gasteiger partial charge in [-0.1, -0.05) is 42.8 Å². The maximum atomic E-state index is 14.0. The number of ether oxygens (including phenoxy) is 1. The van der Waals surface area contributed by atoms with Crippen LogP contribution in [0, 0.1) is 17.0 Å². The van der Waals surface area contributed by atoms with Gasteiger partial charge < -0.3 is 10.5 Å². The summed E-state index contributed by atoms with van der Waals surface area (Å²) in [6.07, 6.45) is 1.69. The number of likely N-dealkylation sites (tertiary alicyclic amines) is 1. The topological polar surface area (TPSA) is 38.5 Å². The van der Waals surface area contributed by atoms with Crippen LogP contribution >= 0.6 is 56.7 Å². The molecule has 3 nitrogen and oxygen atoms in total. The van der Waals surface area contributed by atoms with Gasteiger partial charge in [-0.15, -0.1) is 24.8 Å². The highest BCUT2D eigenvalue weighted by molar-refractivity contribution is 9.11. The molecular weight excluding hydrogens is 613 g/mol. The molecule has 1 saturated heterocycles. The Kier molecular flexibility index (Phi) is 9.54. The molecule has 2 N–H and O–H groups in total. The highest BCUT2D eigenvalue weighted by Gasteiger charge is 2.57. The Labute approximate surface area is 230 Å². The largest absolute Gasteiger partial charge is 0.398 e. The number of benzene rings is 2. The minimum absolute atomic E-state index is 0. The molecule has 1 aliphatic carbocycles. The van der Waals surface area contributed by atoms with Gasteiger partial charge in [-0.3, -0.25) is 4.90 Å². The molecule has 0 aromatic heterocycles. The van der Waals surface area contributed by atoms with Crippen LogP contribution in [0.25, 0.3) is 0 Å². The number of rotatable bonds is 5. The molecule has 3 atom stereocenters. The van der Waals surface area contributed by atoms with Gasteiger partial charge in [-0.2, -0.15) is 0 Å². The summed E-state index contributed by atoms with van der Waals surface area (Å²) in [5, 5.41) is 0. The van der Waals surface area contributed by atoms with Gasteiger partial charge in [0.1, 0.15) is 11.6 Å². The molecule has 2 bridgehead atoms. The monoisotopic (exact) mass is 642 g/mol. The Hall–Kier alpha value is -0.440. The van der Waals surface area contributed by atoms with Crippen LogP contribution in [0.1, 0.15) is 50.8 Å². The third kappa shape index (κ3) is 4.90. The summed E-state index contributed by atoms with van der Waals surface area (Å²) in [5.41, 5.74) is 9.87. The summed E-state index contributed by atoms with van der Waals surface area (Å²) >= 11 is 7.42. The molecular formula is C25H32Br2Cl2F2N2O. The predicted molar refractivity (Wildman–Crippen MR) is 146 cm³/mol. The molecule has 2 aliphatic rings. The van der Waals surface area contributed by atoms with E-state index >= 15 is 0 Å². The summed E-state index contributed by atoms with van der Waals surface area (Å²) in [6.45, 7) is 10.6. The number of nitrogens with zero attached hydrogens (tertiary/aromatic N) is 1. The normalized spacial score (nSPS) is 23.9. The van der Waals surface area contributed by atoms with Crippen LogP contribution in [0.5, 0.6) is 0 Å². The third-order valence-electron chi connectivity index (χ3n) is 7.99. The summed E-state index contributed by atoms with van der Waals surface area (Å²) in [6, 6.07) is 6.25. The Morgan fingerprint density at radius 3 is 2.38 bits per heavy atom. The van der Waals surface area contributed by atoms with Crippen molar-refractivity contribution in [3.8, 4) is 0 Å². The molecule has 1 heterocycles. The van der Waals surface area contributed by atoms with E-state index in [1.165, 1.54) is 29.3 Å². The number of hydrogen-bond donors (Lipinski definition) is 1. The van der Waals surface area contributed by atoms with Crippen LogP contribution in [0.2, 0.25) is 0 Å². The van der Waals surface area contributed by atoms with Gasteiger partial charge in [0.05, 0.1) is 12.7 Å². The zero-order valence-electron chi connectivity index (χ0n) is 19.8. The van der Waals surface area contributed by atoms with E-state index in [4.69, 9.17) is 10.5 Å². The number of halogens is 6. The van der Waals surface area contributed by atoms with Gasteiger partial charge in [0, 0.05) is 38.2 Å². The first-order valence-electron chi connectivity index (χ1n) is 11.0. The zero-order chi connectivity index (χ0) is 23.4. The molecule has 1 aliphatic heterocycles. The van der Waals surface area contributed by atoms with Crippen molar-refractivity contribution >= 4 is 62.4 Å². The minimum Gasteiger partial charge on any atom is -0.398 e. The van der Waals surface area contributed by atoms with Gasteiger partial charge in [0.25, 0.3) is 0 Å². The van der Waals surface area contributed by atoms with Crippen LogP contribution in [0.3, 0.4) is 0 Å². The number of hydrogen-bond acceptors (Lipinski definition) is 3. The number of nitrogens with two attached hydrogens (primary N) is 1. The fourth-order valence-corrected chi connectivity index (χ4v) is 7.37. The highest BCUT2D eigenvalue weighted by Crippen LogP contribution is 2.59. The fraction of sp³-hybridized carbons (Fsp3) is 0.520. The standard InChI is InChI=1S/C25H30Br2F2N2O.2ClH/c1-14(32-13-16-19(28)6-5-7-20(16)29)12-31-9-8-25(4)22-15(10-21(31)24(25,2)3)23(30)18(27)11-17(22)26;;/h5-7,11,14,21H,8-10,12-13,30H2,1-4H3;2*1H. The van der Waals surface area contributed by atoms with Gasteiger partial charge in [0.2, 0.25) is 0 Å². The van der Waals surface area contributed by atoms with Gasteiger partial charge in [0.15, 0.2) is 0 Å². The van der Waals surface area contributed by atoms with E-state index in [2.05, 4.69) is 63.6 Å². The lowest BCUT2D eigenvalue weighted by molar-refractivity contribution is -0.0654.